The van der Waals surface area contributed by atoms with E-state index in [1.807, 2.05) is 0 Å². The minimum atomic E-state index is -2.51. The quantitative estimate of drug-likeness (QED) is 0.587. The number of nitrogens with zero attached hydrogens (tertiary/aromatic N) is 3. The first-order valence-electron chi connectivity index (χ1n) is 8.68. The number of rotatable bonds is 6. The van der Waals surface area contributed by atoms with Crippen molar-refractivity contribution in [2.75, 3.05) is 0 Å². The van der Waals surface area contributed by atoms with Crippen LogP contribution in [0.3, 0.4) is 0 Å². The lowest BCUT2D eigenvalue weighted by atomic mass is 10.0. The fourth-order valence-electron chi connectivity index (χ4n) is 2.86. The van der Waals surface area contributed by atoms with Crippen molar-refractivity contribution in [1.82, 2.24) is 15.0 Å². The predicted molar refractivity (Wildman–Crippen MR) is 107 cm³/mol. The summed E-state index contributed by atoms with van der Waals surface area (Å²) in [7, 11) is 0. The fourth-order valence-corrected chi connectivity index (χ4v) is 3.30. The Kier molecular flexibility index (Phi) is 5.58. The molecule has 0 radical (unpaired) electrons. The van der Waals surface area contributed by atoms with E-state index in [4.69, 9.17) is 5.73 Å². The highest BCUT2D eigenvalue weighted by atomic mass is 32.2. The molecule has 0 bridgehead atoms. The van der Waals surface area contributed by atoms with Crippen LogP contribution in [0.5, 0.6) is 0 Å². The third kappa shape index (κ3) is 3.94. The van der Waals surface area contributed by atoms with Gasteiger partial charge in [-0.3, -0.25) is 9.59 Å². The van der Waals surface area contributed by atoms with E-state index in [1.165, 1.54) is 19.1 Å². The normalized spacial score (nSPS) is 14.5. The summed E-state index contributed by atoms with van der Waals surface area (Å²) in [4.78, 5) is 24.2. The second-order valence-electron chi connectivity index (χ2n) is 6.93. The number of halogens is 1. The number of aromatic nitrogens is 3. The Morgan fingerprint density at radius 1 is 1.31 bits per heavy atom. The second kappa shape index (κ2) is 7.80. The maximum atomic E-state index is 14.2. The molecule has 0 aliphatic rings. The summed E-state index contributed by atoms with van der Waals surface area (Å²) in [5, 5.41) is 8.08. The van der Waals surface area contributed by atoms with Crippen LogP contribution in [-0.4, -0.2) is 34.4 Å². The van der Waals surface area contributed by atoms with Gasteiger partial charge < -0.3 is 10.3 Å². The Morgan fingerprint density at radius 2 is 2.03 bits per heavy atom. The second-order valence-corrected chi connectivity index (χ2v) is 8.33. The number of hydrogen-bond donors (Lipinski definition) is 2. The molecule has 0 aliphatic heterocycles. The molecule has 3 aromatic rings. The van der Waals surface area contributed by atoms with Crippen LogP contribution in [0.2, 0.25) is 0 Å². The van der Waals surface area contributed by atoms with Crippen LogP contribution in [0.15, 0.2) is 41.2 Å². The van der Waals surface area contributed by atoms with E-state index in [1.54, 1.807) is 31.2 Å². The summed E-state index contributed by atoms with van der Waals surface area (Å²) in [6, 6.07) is 9.56. The first-order valence-corrected chi connectivity index (χ1v) is 9.79. The van der Waals surface area contributed by atoms with Crippen molar-refractivity contribution in [3.05, 3.63) is 58.1 Å². The molecule has 3 N–H and O–H groups in total. The zero-order chi connectivity index (χ0) is 21.3. The first-order chi connectivity index (χ1) is 13.6. The van der Waals surface area contributed by atoms with E-state index in [2.05, 4.69) is 10.3 Å². The number of hydrogen-bond acceptors (Lipinski definition) is 5. The van der Waals surface area contributed by atoms with Gasteiger partial charge in [0.25, 0.3) is 5.56 Å². The number of aryl methyl sites for hydroxylation is 2. The largest absolute Gasteiger partial charge is 0.368 e. The van der Waals surface area contributed by atoms with Gasteiger partial charge in [-0.15, -0.1) is 5.10 Å². The smallest absolute Gasteiger partial charge is 0.277 e. The molecule has 0 fully saturated rings. The molecular formula is C19H19FN4O4S. The van der Waals surface area contributed by atoms with Crippen molar-refractivity contribution in [1.29, 1.82) is 0 Å². The van der Waals surface area contributed by atoms with Crippen LogP contribution in [-0.2, 0) is 22.4 Å². The van der Waals surface area contributed by atoms with Crippen molar-refractivity contribution in [2.24, 2.45) is 5.73 Å². The number of benzene rings is 2. The molecule has 2 aromatic carbocycles. The zero-order valence-corrected chi connectivity index (χ0v) is 16.6. The molecule has 152 valence electrons. The molecule has 1 heterocycles. The van der Waals surface area contributed by atoms with Crippen LogP contribution in [0.4, 0.5) is 4.39 Å². The molecule has 2 atom stereocenters. The molecule has 1 aromatic heterocycles. The molecular weight excluding hydrogens is 399 g/mol. The Morgan fingerprint density at radius 3 is 2.66 bits per heavy atom. The number of amides is 1. The number of fused-ring (bicyclic) bond motifs is 1. The molecule has 2 unspecified atom stereocenters. The number of carbonyl (C=O) groups excluding carboxylic acids is 1. The number of nitrogens with two attached hydrogens (primary N) is 1. The third-order valence-electron chi connectivity index (χ3n) is 4.87. The van der Waals surface area contributed by atoms with Gasteiger partial charge in [0.15, 0.2) is 11.1 Å². The van der Waals surface area contributed by atoms with Crippen LogP contribution in [0, 0.1) is 12.7 Å². The van der Waals surface area contributed by atoms with Crippen LogP contribution < -0.4 is 11.3 Å². The predicted octanol–water partition coefficient (Wildman–Crippen LogP) is 1.76. The number of carbonyl (C=O) groups is 1. The summed E-state index contributed by atoms with van der Waals surface area (Å²) in [5.74, 6) is -1.33. The van der Waals surface area contributed by atoms with Gasteiger partial charge in [-0.1, -0.05) is 23.4 Å². The van der Waals surface area contributed by atoms with E-state index < -0.39 is 27.3 Å². The monoisotopic (exact) mass is 418 g/mol. The van der Waals surface area contributed by atoms with Gasteiger partial charge in [0.2, 0.25) is 5.91 Å². The van der Waals surface area contributed by atoms with Crippen LogP contribution in [0.25, 0.3) is 22.0 Å². The maximum absolute atomic E-state index is 14.2. The van der Waals surface area contributed by atoms with E-state index in [0.717, 1.165) is 10.2 Å². The van der Waals surface area contributed by atoms with Crippen molar-refractivity contribution >= 4 is 27.9 Å². The molecule has 1 amide bonds. The van der Waals surface area contributed by atoms with Gasteiger partial charge in [-0.05, 0) is 49.6 Å². The summed E-state index contributed by atoms with van der Waals surface area (Å²) >= 11 is -2.51. The van der Waals surface area contributed by atoms with E-state index in [9.17, 15) is 22.7 Å². The van der Waals surface area contributed by atoms with E-state index in [-0.39, 0.29) is 29.7 Å². The molecule has 29 heavy (non-hydrogen) atoms. The zero-order valence-electron chi connectivity index (χ0n) is 15.8. The Bertz CT molecular complexity index is 1180. The lowest BCUT2D eigenvalue weighted by Gasteiger charge is -2.21. The minimum Gasteiger partial charge on any atom is -0.368 e. The van der Waals surface area contributed by atoms with Crippen LogP contribution >= 0.6 is 0 Å². The molecule has 3 rings (SSSR count). The average molecular weight is 418 g/mol. The number of primary amides is 1. The van der Waals surface area contributed by atoms with Gasteiger partial charge in [0.05, 0.1) is 5.39 Å². The first kappa shape index (κ1) is 20.7. The van der Waals surface area contributed by atoms with E-state index in [0.29, 0.717) is 11.1 Å². The van der Waals surface area contributed by atoms with E-state index >= 15 is 0 Å². The molecule has 0 saturated heterocycles. The maximum Gasteiger partial charge on any atom is 0.277 e. The van der Waals surface area contributed by atoms with Gasteiger partial charge in [-0.25, -0.2) is 13.3 Å². The third-order valence-corrected chi connectivity index (χ3v) is 6.04. The highest BCUT2D eigenvalue weighted by Gasteiger charge is 2.37. The highest BCUT2D eigenvalue weighted by molar-refractivity contribution is 7.81. The lowest BCUT2D eigenvalue weighted by molar-refractivity contribution is -0.120. The molecule has 0 saturated carbocycles. The van der Waals surface area contributed by atoms with Crippen molar-refractivity contribution < 1.29 is 17.9 Å². The summed E-state index contributed by atoms with van der Waals surface area (Å²) < 4.78 is 34.3. The Balaban J connectivity index is 1.96. The Labute approximate surface area is 167 Å². The SMILES string of the molecule is Cc1ccc(-c2ccc3c(=O)n(CCC(C)(C(N)=O)S(=O)O)nnc3c2)c(F)c1. The van der Waals surface area contributed by atoms with Crippen molar-refractivity contribution in [3.63, 3.8) is 0 Å². The summed E-state index contributed by atoms with van der Waals surface area (Å²) in [6.07, 6.45) is -0.168. The van der Waals surface area contributed by atoms with Crippen molar-refractivity contribution in [2.45, 2.75) is 31.6 Å². The van der Waals surface area contributed by atoms with Gasteiger partial charge in [0, 0.05) is 12.1 Å². The fraction of sp³-hybridized carbons (Fsp3) is 0.263. The van der Waals surface area contributed by atoms with Gasteiger partial charge in [-0.2, -0.15) is 0 Å². The molecule has 10 heteroatoms. The highest BCUT2D eigenvalue weighted by Crippen LogP contribution is 2.25. The summed E-state index contributed by atoms with van der Waals surface area (Å²) in [5.41, 5.74) is 6.74. The minimum absolute atomic E-state index is 0.123. The molecule has 8 nitrogen and oxygen atoms in total. The molecule has 0 aliphatic carbocycles. The topological polar surface area (TPSA) is 128 Å². The lowest BCUT2D eigenvalue weighted by Crippen LogP contribution is -2.46. The van der Waals surface area contributed by atoms with Crippen LogP contribution in [0.1, 0.15) is 18.9 Å². The summed E-state index contributed by atoms with van der Waals surface area (Å²) in [6.45, 7) is 2.91. The van der Waals surface area contributed by atoms with Gasteiger partial charge in [0.1, 0.15) is 16.1 Å². The van der Waals surface area contributed by atoms with Crippen molar-refractivity contribution in [3.8, 4) is 11.1 Å². The average Bonchev–Trinajstić information content (AvgIpc) is 2.66. The molecule has 0 spiro atoms. The standard InChI is InChI=1S/C19H19FN4O4S/c1-11-3-5-13(15(20)9-11)12-4-6-14-16(10-12)22-23-24(17(14)25)8-7-19(2,18(21)26)29(27)28/h3-6,9-10H,7-8H2,1-2H3,(H2,21,26)(H,27,28). The van der Waals surface area contributed by atoms with Gasteiger partial charge >= 0.3 is 0 Å². The Hall–Kier alpha value is -2.98.